The van der Waals surface area contributed by atoms with Gasteiger partial charge in [0.15, 0.2) is 5.82 Å². The van der Waals surface area contributed by atoms with Crippen LogP contribution < -0.4 is 4.90 Å². The minimum Gasteiger partial charge on any atom is -0.363 e. The quantitative estimate of drug-likeness (QED) is 0.814. The normalized spacial score (nSPS) is 18.4. The van der Waals surface area contributed by atoms with Gasteiger partial charge in [-0.25, -0.2) is 9.97 Å². The van der Waals surface area contributed by atoms with Gasteiger partial charge in [0.2, 0.25) is 5.91 Å². The molecule has 1 aliphatic heterocycles. The lowest BCUT2D eigenvalue weighted by atomic mass is 9.92. The first kappa shape index (κ1) is 18.8. The molecular formula is C22H29N5O. The maximum Gasteiger partial charge on any atom is 0.225 e. The van der Waals surface area contributed by atoms with E-state index in [1.807, 2.05) is 31.1 Å². The number of likely N-dealkylation sites (tertiary alicyclic amines) is 1. The molecule has 2 aliphatic rings. The molecule has 28 heavy (non-hydrogen) atoms. The second kappa shape index (κ2) is 8.25. The van der Waals surface area contributed by atoms with Gasteiger partial charge in [0, 0.05) is 68.7 Å². The third kappa shape index (κ3) is 4.01. The SMILES string of the molecule is CN(C)c1cc(C2CCN(C(=O)C3CCCC3)CC2)nc(-c2cccnc2)n1. The first-order valence-electron chi connectivity index (χ1n) is 10.4. The fourth-order valence-electron chi connectivity index (χ4n) is 4.34. The van der Waals surface area contributed by atoms with Gasteiger partial charge in [-0.1, -0.05) is 12.8 Å². The molecule has 2 fully saturated rings. The number of rotatable bonds is 4. The minimum absolute atomic E-state index is 0.271. The summed E-state index contributed by atoms with van der Waals surface area (Å²) in [5.41, 5.74) is 2.01. The molecule has 3 heterocycles. The van der Waals surface area contributed by atoms with Gasteiger partial charge in [0.05, 0.1) is 0 Å². The van der Waals surface area contributed by atoms with Crippen LogP contribution in [0.3, 0.4) is 0 Å². The van der Waals surface area contributed by atoms with Gasteiger partial charge in [0.1, 0.15) is 5.82 Å². The summed E-state index contributed by atoms with van der Waals surface area (Å²) in [5, 5.41) is 0. The summed E-state index contributed by atoms with van der Waals surface area (Å²) in [5.74, 6) is 2.65. The van der Waals surface area contributed by atoms with E-state index in [1.165, 1.54) is 12.8 Å². The molecule has 0 unspecified atom stereocenters. The Balaban J connectivity index is 1.51. The number of hydrogen-bond donors (Lipinski definition) is 0. The van der Waals surface area contributed by atoms with E-state index in [-0.39, 0.29) is 5.92 Å². The predicted molar refractivity (Wildman–Crippen MR) is 110 cm³/mol. The van der Waals surface area contributed by atoms with Crippen molar-refractivity contribution in [2.24, 2.45) is 5.92 Å². The topological polar surface area (TPSA) is 62.2 Å². The molecule has 0 radical (unpaired) electrons. The molecule has 1 saturated heterocycles. The molecule has 0 N–H and O–H groups in total. The van der Waals surface area contributed by atoms with Crippen LogP contribution in [0.1, 0.15) is 50.1 Å². The molecule has 2 aromatic heterocycles. The third-order valence-electron chi connectivity index (χ3n) is 6.04. The van der Waals surface area contributed by atoms with Gasteiger partial charge in [-0.3, -0.25) is 9.78 Å². The Morgan fingerprint density at radius 3 is 2.50 bits per heavy atom. The average molecular weight is 380 g/mol. The number of aromatic nitrogens is 3. The molecule has 1 amide bonds. The number of amides is 1. The zero-order chi connectivity index (χ0) is 19.5. The van der Waals surface area contributed by atoms with Gasteiger partial charge in [-0.15, -0.1) is 0 Å². The van der Waals surface area contributed by atoms with Crippen molar-refractivity contribution in [1.82, 2.24) is 19.9 Å². The number of piperidine rings is 1. The van der Waals surface area contributed by atoms with Crippen molar-refractivity contribution in [2.75, 3.05) is 32.1 Å². The number of anilines is 1. The summed E-state index contributed by atoms with van der Waals surface area (Å²) in [7, 11) is 4.00. The van der Waals surface area contributed by atoms with Gasteiger partial charge < -0.3 is 9.80 Å². The Hall–Kier alpha value is -2.50. The van der Waals surface area contributed by atoms with Crippen LogP contribution in [0.15, 0.2) is 30.6 Å². The second-order valence-corrected chi connectivity index (χ2v) is 8.19. The number of nitrogens with zero attached hydrogens (tertiary/aromatic N) is 5. The smallest absolute Gasteiger partial charge is 0.225 e. The fourth-order valence-corrected chi connectivity index (χ4v) is 4.34. The van der Waals surface area contributed by atoms with E-state index in [4.69, 9.17) is 9.97 Å². The Bertz CT molecular complexity index is 809. The zero-order valence-corrected chi connectivity index (χ0v) is 16.8. The minimum atomic E-state index is 0.271. The number of pyridine rings is 1. The highest BCUT2D eigenvalue weighted by molar-refractivity contribution is 5.79. The van der Waals surface area contributed by atoms with E-state index >= 15 is 0 Å². The molecule has 1 aliphatic carbocycles. The first-order chi connectivity index (χ1) is 13.6. The summed E-state index contributed by atoms with van der Waals surface area (Å²) in [6, 6.07) is 6.00. The predicted octanol–water partition coefficient (Wildman–Crippen LogP) is 3.50. The lowest BCUT2D eigenvalue weighted by molar-refractivity contribution is -0.136. The van der Waals surface area contributed by atoms with E-state index < -0.39 is 0 Å². The number of hydrogen-bond acceptors (Lipinski definition) is 5. The van der Waals surface area contributed by atoms with Crippen molar-refractivity contribution in [1.29, 1.82) is 0 Å². The van der Waals surface area contributed by atoms with Crippen molar-refractivity contribution in [3.8, 4) is 11.4 Å². The molecule has 0 spiro atoms. The molecular weight excluding hydrogens is 350 g/mol. The van der Waals surface area contributed by atoms with Crippen LogP contribution in [-0.4, -0.2) is 52.9 Å². The highest BCUT2D eigenvalue weighted by Gasteiger charge is 2.31. The molecule has 0 bridgehead atoms. The van der Waals surface area contributed by atoms with Crippen molar-refractivity contribution in [2.45, 2.75) is 44.4 Å². The van der Waals surface area contributed by atoms with Crippen molar-refractivity contribution < 1.29 is 4.79 Å². The molecule has 2 aromatic rings. The number of carbonyl (C=O) groups excluding carboxylic acids is 1. The van der Waals surface area contributed by atoms with Gasteiger partial charge in [-0.2, -0.15) is 0 Å². The Labute approximate surface area is 167 Å². The summed E-state index contributed by atoms with van der Waals surface area (Å²) < 4.78 is 0. The Morgan fingerprint density at radius 2 is 1.86 bits per heavy atom. The molecule has 6 nitrogen and oxygen atoms in total. The van der Waals surface area contributed by atoms with Crippen LogP contribution in [0.5, 0.6) is 0 Å². The van der Waals surface area contributed by atoms with Crippen LogP contribution in [-0.2, 0) is 4.79 Å². The highest BCUT2D eigenvalue weighted by atomic mass is 16.2. The number of carbonyl (C=O) groups is 1. The standard InChI is InChI=1S/C22H29N5O/c1-26(2)20-14-19(24-21(25-20)18-8-5-11-23-15-18)16-9-12-27(13-10-16)22(28)17-6-3-4-7-17/h5,8,11,14-17H,3-4,6-7,9-10,12-13H2,1-2H3. The van der Waals surface area contributed by atoms with E-state index in [1.54, 1.807) is 12.4 Å². The molecule has 6 heteroatoms. The zero-order valence-electron chi connectivity index (χ0n) is 16.8. The molecule has 1 saturated carbocycles. The maximum absolute atomic E-state index is 12.7. The van der Waals surface area contributed by atoms with Gasteiger partial charge >= 0.3 is 0 Å². The summed E-state index contributed by atoms with van der Waals surface area (Å²) in [6.45, 7) is 1.67. The van der Waals surface area contributed by atoms with Crippen LogP contribution in [0, 0.1) is 5.92 Å². The van der Waals surface area contributed by atoms with Crippen LogP contribution in [0.2, 0.25) is 0 Å². The first-order valence-corrected chi connectivity index (χ1v) is 10.4. The van der Waals surface area contributed by atoms with E-state index in [0.29, 0.717) is 11.8 Å². The van der Waals surface area contributed by atoms with Gasteiger partial charge in [-0.05, 0) is 37.8 Å². The lowest BCUT2D eigenvalue weighted by Gasteiger charge is -2.33. The Kier molecular flexibility index (Phi) is 5.55. The summed E-state index contributed by atoms with van der Waals surface area (Å²) >= 11 is 0. The average Bonchev–Trinajstić information content (AvgIpc) is 3.28. The van der Waals surface area contributed by atoms with Crippen LogP contribution in [0.25, 0.3) is 11.4 Å². The Morgan fingerprint density at radius 1 is 1.11 bits per heavy atom. The summed E-state index contributed by atoms with van der Waals surface area (Å²) in [4.78, 5) is 30.6. The van der Waals surface area contributed by atoms with E-state index in [2.05, 4.69) is 16.0 Å². The summed E-state index contributed by atoms with van der Waals surface area (Å²) in [6.07, 6.45) is 10.1. The van der Waals surface area contributed by atoms with Gasteiger partial charge in [0.25, 0.3) is 0 Å². The monoisotopic (exact) mass is 379 g/mol. The second-order valence-electron chi connectivity index (χ2n) is 8.19. The highest BCUT2D eigenvalue weighted by Crippen LogP contribution is 2.32. The van der Waals surface area contributed by atoms with Crippen molar-refractivity contribution in [3.63, 3.8) is 0 Å². The third-order valence-corrected chi connectivity index (χ3v) is 6.04. The van der Waals surface area contributed by atoms with Crippen LogP contribution in [0.4, 0.5) is 5.82 Å². The fraction of sp³-hybridized carbons (Fsp3) is 0.545. The molecule has 0 atom stereocenters. The van der Waals surface area contributed by atoms with Crippen molar-refractivity contribution in [3.05, 3.63) is 36.3 Å². The van der Waals surface area contributed by atoms with Crippen LogP contribution >= 0.6 is 0 Å². The maximum atomic E-state index is 12.7. The van der Waals surface area contributed by atoms with E-state index in [0.717, 1.165) is 61.7 Å². The van der Waals surface area contributed by atoms with Crippen molar-refractivity contribution >= 4 is 11.7 Å². The molecule has 0 aromatic carbocycles. The van der Waals surface area contributed by atoms with E-state index in [9.17, 15) is 4.79 Å². The molecule has 4 rings (SSSR count). The molecule has 148 valence electrons. The lowest BCUT2D eigenvalue weighted by Crippen LogP contribution is -2.41. The largest absolute Gasteiger partial charge is 0.363 e.